The zero-order valence-corrected chi connectivity index (χ0v) is 19.4. The number of esters is 2. The molecule has 1 aromatic carbocycles. The lowest BCUT2D eigenvalue weighted by molar-refractivity contribution is -0.139. The number of allylic oxidation sites excluding steroid dienone is 2. The quantitative estimate of drug-likeness (QED) is 0.526. The van der Waals surface area contributed by atoms with Crippen LogP contribution in [0.1, 0.15) is 50.3 Å². The molecule has 0 saturated heterocycles. The monoisotopic (exact) mass is 442 g/mol. The molecule has 1 N–H and O–H groups in total. The molecule has 0 atom stereocenters. The van der Waals surface area contributed by atoms with Crippen molar-refractivity contribution in [2.75, 3.05) is 13.2 Å². The second-order valence-corrected chi connectivity index (χ2v) is 7.95. The number of fused-ring (bicyclic) bond motifs is 1. The van der Waals surface area contributed by atoms with Crippen molar-refractivity contribution in [1.82, 2.24) is 10.3 Å². The molecule has 0 aliphatic carbocycles. The molecule has 1 aliphatic heterocycles. The van der Waals surface area contributed by atoms with Gasteiger partial charge in [0, 0.05) is 22.3 Å². The van der Waals surface area contributed by atoms with Gasteiger partial charge in [-0.2, -0.15) is 0 Å². The van der Waals surface area contributed by atoms with Crippen LogP contribution in [0.4, 0.5) is 0 Å². The lowest BCUT2D eigenvalue weighted by Gasteiger charge is -2.30. The maximum absolute atomic E-state index is 13.0. The third kappa shape index (κ3) is 4.30. The number of dihydropyridines is 1. The molecule has 6 nitrogen and oxygen atoms in total. The van der Waals surface area contributed by atoms with Gasteiger partial charge in [-0.3, -0.25) is 0 Å². The maximum Gasteiger partial charge on any atom is 0.336 e. The van der Waals surface area contributed by atoms with E-state index >= 15 is 0 Å². The molecular formula is C24H27ClN2O4. The van der Waals surface area contributed by atoms with Crippen LogP contribution in [0.3, 0.4) is 0 Å². The number of aryl methyl sites for hydroxylation is 2. The van der Waals surface area contributed by atoms with Crippen LogP contribution in [0.15, 0.2) is 40.7 Å². The zero-order chi connectivity index (χ0) is 22.9. The normalized spacial score (nSPS) is 14.7. The van der Waals surface area contributed by atoms with Gasteiger partial charge in [0.25, 0.3) is 0 Å². The first-order chi connectivity index (χ1) is 14.7. The third-order valence-electron chi connectivity index (χ3n) is 5.33. The summed E-state index contributed by atoms with van der Waals surface area (Å²) in [5.41, 5.74) is 5.29. The minimum atomic E-state index is -0.760. The van der Waals surface area contributed by atoms with Gasteiger partial charge in [-0.15, -0.1) is 0 Å². The highest BCUT2D eigenvalue weighted by Crippen LogP contribution is 2.42. The first kappa shape index (κ1) is 22.8. The third-order valence-corrected chi connectivity index (χ3v) is 5.63. The lowest BCUT2D eigenvalue weighted by Crippen LogP contribution is -2.32. The number of carbonyl (C=O) groups excluding carboxylic acids is 2. The summed E-state index contributed by atoms with van der Waals surface area (Å²) in [4.78, 5) is 30.5. The molecule has 0 spiro atoms. The van der Waals surface area contributed by atoms with Crippen molar-refractivity contribution in [1.29, 1.82) is 0 Å². The van der Waals surface area contributed by atoms with Gasteiger partial charge in [-0.05, 0) is 64.8 Å². The van der Waals surface area contributed by atoms with Gasteiger partial charge in [0.15, 0.2) is 0 Å². The van der Waals surface area contributed by atoms with E-state index < -0.39 is 17.9 Å². The summed E-state index contributed by atoms with van der Waals surface area (Å²) in [7, 11) is 0. The summed E-state index contributed by atoms with van der Waals surface area (Å²) in [6.07, 6.45) is 0. The van der Waals surface area contributed by atoms with E-state index in [4.69, 9.17) is 21.1 Å². The predicted octanol–water partition coefficient (Wildman–Crippen LogP) is 4.87. The molecule has 2 aromatic rings. The number of aromatic nitrogens is 1. The smallest absolute Gasteiger partial charge is 0.336 e. The standard InChI is InChI=1S/C24H27ClN2O4/c1-7-30-23(28)19-14(5)26-15(6)20(24(29)31-8-2)21(19)17-11-16-13(4)9-12(3)10-18(16)27-22(17)25/h9-11,21,26H,7-8H2,1-6H3. The van der Waals surface area contributed by atoms with Crippen LogP contribution < -0.4 is 5.32 Å². The minimum absolute atomic E-state index is 0.210. The fourth-order valence-electron chi connectivity index (χ4n) is 4.09. The lowest BCUT2D eigenvalue weighted by atomic mass is 9.80. The Morgan fingerprint density at radius 1 is 0.968 bits per heavy atom. The van der Waals surface area contributed by atoms with Crippen LogP contribution in [0.5, 0.6) is 0 Å². The topological polar surface area (TPSA) is 77.5 Å². The maximum atomic E-state index is 13.0. The molecular weight excluding hydrogens is 416 g/mol. The van der Waals surface area contributed by atoms with Gasteiger partial charge in [0.05, 0.1) is 35.8 Å². The van der Waals surface area contributed by atoms with Gasteiger partial charge >= 0.3 is 11.9 Å². The van der Waals surface area contributed by atoms with E-state index in [1.54, 1.807) is 27.7 Å². The van der Waals surface area contributed by atoms with Crippen LogP contribution >= 0.6 is 11.6 Å². The number of halogens is 1. The van der Waals surface area contributed by atoms with E-state index in [1.807, 2.05) is 26.0 Å². The minimum Gasteiger partial charge on any atom is -0.463 e. The fourth-order valence-corrected chi connectivity index (χ4v) is 4.34. The second kappa shape index (κ2) is 9.10. The number of nitrogens with zero attached hydrogens (tertiary/aromatic N) is 1. The van der Waals surface area contributed by atoms with Crippen molar-refractivity contribution < 1.29 is 19.1 Å². The van der Waals surface area contributed by atoms with E-state index in [1.165, 1.54) is 0 Å². The molecule has 1 aliphatic rings. The first-order valence-electron chi connectivity index (χ1n) is 10.3. The molecule has 31 heavy (non-hydrogen) atoms. The molecule has 0 radical (unpaired) electrons. The summed E-state index contributed by atoms with van der Waals surface area (Å²) in [6, 6.07) is 5.93. The van der Waals surface area contributed by atoms with E-state index in [0.29, 0.717) is 28.1 Å². The molecule has 1 aromatic heterocycles. The Bertz CT molecular complexity index is 1090. The van der Waals surface area contributed by atoms with Crippen LogP contribution in [0.25, 0.3) is 10.9 Å². The number of pyridine rings is 1. The number of benzene rings is 1. The van der Waals surface area contributed by atoms with Crippen molar-refractivity contribution in [3.05, 3.63) is 62.6 Å². The highest BCUT2D eigenvalue weighted by Gasteiger charge is 2.39. The van der Waals surface area contributed by atoms with Gasteiger partial charge in [-0.1, -0.05) is 17.7 Å². The van der Waals surface area contributed by atoms with E-state index in [2.05, 4.69) is 16.4 Å². The Balaban J connectivity index is 2.31. The predicted molar refractivity (Wildman–Crippen MR) is 121 cm³/mol. The fraction of sp³-hybridized carbons (Fsp3) is 0.375. The Morgan fingerprint density at radius 3 is 2.03 bits per heavy atom. The Hall–Kier alpha value is -2.86. The van der Waals surface area contributed by atoms with Gasteiger partial charge < -0.3 is 14.8 Å². The van der Waals surface area contributed by atoms with Crippen molar-refractivity contribution in [2.24, 2.45) is 0 Å². The number of hydrogen-bond acceptors (Lipinski definition) is 6. The Labute approximate surface area is 187 Å². The van der Waals surface area contributed by atoms with Crippen molar-refractivity contribution in [3.63, 3.8) is 0 Å². The number of rotatable bonds is 5. The summed E-state index contributed by atoms with van der Waals surface area (Å²) >= 11 is 6.65. The van der Waals surface area contributed by atoms with E-state index in [9.17, 15) is 9.59 Å². The summed E-state index contributed by atoms with van der Waals surface area (Å²) in [5, 5.41) is 4.27. The summed E-state index contributed by atoms with van der Waals surface area (Å²) in [5.74, 6) is -1.78. The molecule has 0 unspecified atom stereocenters. The average molecular weight is 443 g/mol. The van der Waals surface area contributed by atoms with Crippen LogP contribution in [-0.2, 0) is 19.1 Å². The Kier molecular flexibility index (Phi) is 6.70. The number of ether oxygens (including phenoxy) is 2. The molecule has 0 saturated carbocycles. The molecule has 3 rings (SSSR count). The molecule has 0 bridgehead atoms. The van der Waals surface area contributed by atoms with Crippen LogP contribution in [0, 0.1) is 13.8 Å². The number of nitrogens with one attached hydrogen (secondary N) is 1. The van der Waals surface area contributed by atoms with Crippen molar-refractivity contribution >= 4 is 34.4 Å². The SMILES string of the molecule is CCOC(=O)C1=C(C)NC(C)=C(C(=O)OCC)C1c1cc2c(C)cc(C)cc2nc1Cl. The zero-order valence-electron chi connectivity index (χ0n) is 18.7. The highest BCUT2D eigenvalue weighted by atomic mass is 35.5. The molecule has 2 heterocycles. The molecule has 0 fully saturated rings. The average Bonchev–Trinajstić information content (AvgIpc) is 2.67. The molecule has 0 amide bonds. The number of carbonyl (C=O) groups is 2. The van der Waals surface area contributed by atoms with E-state index in [-0.39, 0.29) is 18.4 Å². The van der Waals surface area contributed by atoms with Gasteiger partial charge in [-0.25, -0.2) is 14.6 Å². The molecule has 7 heteroatoms. The van der Waals surface area contributed by atoms with Crippen molar-refractivity contribution in [3.8, 4) is 0 Å². The summed E-state index contributed by atoms with van der Waals surface area (Å²) in [6.45, 7) is 11.5. The largest absolute Gasteiger partial charge is 0.463 e. The van der Waals surface area contributed by atoms with Crippen LogP contribution in [0.2, 0.25) is 5.15 Å². The van der Waals surface area contributed by atoms with Gasteiger partial charge in [0.2, 0.25) is 0 Å². The van der Waals surface area contributed by atoms with Crippen molar-refractivity contribution in [2.45, 2.75) is 47.5 Å². The first-order valence-corrected chi connectivity index (χ1v) is 10.7. The van der Waals surface area contributed by atoms with E-state index in [0.717, 1.165) is 22.0 Å². The number of hydrogen-bond donors (Lipinski definition) is 1. The Morgan fingerprint density at radius 2 is 1.52 bits per heavy atom. The molecule has 164 valence electrons. The van der Waals surface area contributed by atoms with Crippen LogP contribution in [-0.4, -0.2) is 30.1 Å². The van der Waals surface area contributed by atoms with Gasteiger partial charge in [0.1, 0.15) is 5.15 Å². The second-order valence-electron chi connectivity index (χ2n) is 7.59. The highest BCUT2D eigenvalue weighted by molar-refractivity contribution is 6.31. The summed E-state index contributed by atoms with van der Waals surface area (Å²) < 4.78 is 10.6.